The second-order valence-electron chi connectivity index (χ2n) is 6.05. The van der Waals surface area contributed by atoms with Gasteiger partial charge < -0.3 is 0 Å². The quantitative estimate of drug-likeness (QED) is 0.336. The maximum atomic E-state index is 4.98. The van der Waals surface area contributed by atoms with Gasteiger partial charge in [-0.1, -0.05) is 84.9 Å². The second-order valence-corrected chi connectivity index (χ2v) is 6.05. The molecular formula is C23H15N. The normalized spacial score (nSPS) is 11.3. The average Bonchev–Trinajstić information content (AvgIpc) is 2.67. The minimum atomic E-state index is 1.04. The van der Waals surface area contributed by atoms with E-state index in [1.807, 2.05) is 6.07 Å². The Bertz CT molecular complexity index is 1170. The molecule has 0 fully saturated rings. The first-order valence-electron chi connectivity index (χ1n) is 8.17. The van der Waals surface area contributed by atoms with Gasteiger partial charge in [0.15, 0.2) is 0 Å². The van der Waals surface area contributed by atoms with Crippen LogP contribution in [0.4, 0.5) is 0 Å². The van der Waals surface area contributed by atoms with E-state index in [0.29, 0.717) is 0 Å². The molecule has 112 valence electrons. The van der Waals surface area contributed by atoms with Crippen LogP contribution in [0.25, 0.3) is 43.7 Å². The van der Waals surface area contributed by atoms with E-state index in [-0.39, 0.29) is 0 Å². The zero-order valence-corrected chi connectivity index (χ0v) is 13.1. The van der Waals surface area contributed by atoms with Crippen molar-refractivity contribution in [2.75, 3.05) is 0 Å². The molecule has 5 rings (SSSR count). The van der Waals surface area contributed by atoms with Crippen molar-refractivity contribution in [1.82, 2.24) is 4.98 Å². The Kier molecular flexibility index (Phi) is 2.86. The molecule has 0 radical (unpaired) electrons. The number of hydrogen-bond donors (Lipinski definition) is 0. The highest BCUT2D eigenvalue weighted by atomic mass is 14.7. The Morgan fingerprint density at radius 2 is 1.21 bits per heavy atom. The molecule has 0 aliphatic heterocycles. The number of nitrogens with zero attached hydrogens (tertiary/aromatic N) is 1. The van der Waals surface area contributed by atoms with Crippen molar-refractivity contribution >= 4 is 32.4 Å². The van der Waals surface area contributed by atoms with Crippen LogP contribution in [0.15, 0.2) is 91.0 Å². The smallest absolute Gasteiger partial charge is 0.0788 e. The maximum Gasteiger partial charge on any atom is 0.0788 e. The lowest BCUT2D eigenvalue weighted by Crippen LogP contribution is -1.90. The van der Waals surface area contributed by atoms with Crippen LogP contribution in [0.1, 0.15) is 0 Å². The van der Waals surface area contributed by atoms with Crippen LogP contribution in [-0.2, 0) is 0 Å². The standard InChI is InChI=1S/C23H15N/c1-2-9-17(10-3-1)23-20-15-14-16-8-4-5-11-18(16)22(20)19-12-6-7-13-21(19)24-23/h1-15H. The zero-order valence-electron chi connectivity index (χ0n) is 13.1. The van der Waals surface area contributed by atoms with Crippen molar-refractivity contribution < 1.29 is 0 Å². The molecule has 1 aromatic heterocycles. The molecule has 0 aliphatic carbocycles. The van der Waals surface area contributed by atoms with Crippen molar-refractivity contribution in [2.24, 2.45) is 0 Å². The van der Waals surface area contributed by atoms with E-state index in [9.17, 15) is 0 Å². The average molecular weight is 305 g/mol. The van der Waals surface area contributed by atoms with Gasteiger partial charge in [-0.05, 0) is 16.8 Å². The molecular weight excluding hydrogens is 290 g/mol. The van der Waals surface area contributed by atoms with E-state index in [0.717, 1.165) is 16.8 Å². The number of benzene rings is 4. The topological polar surface area (TPSA) is 12.9 Å². The van der Waals surface area contributed by atoms with Crippen LogP contribution in [0.2, 0.25) is 0 Å². The number of hydrogen-bond acceptors (Lipinski definition) is 1. The van der Waals surface area contributed by atoms with E-state index in [1.165, 1.54) is 26.9 Å². The Balaban J connectivity index is 2.06. The van der Waals surface area contributed by atoms with Crippen LogP contribution in [0.5, 0.6) is 0 Å². The lowest BCUT2D eigenvalue weighted by Gasteiger charge is -2.12. The van der Waals surface area contributed by atoms with Crippen molar-refractivity contribution in [3.63, 3.8) is 0 Å². The number of aromatic nitrogens is 1. The molecule has 0 saturated heterocycles. The lowest BCUT2D eigenvalue weighted by molar-refractivity contribution is 1.43. The minimum absolute atomic E-state index is 1.04. The van der Waals surface area contributed by atoms with Crippen LogP contribution in [-0.4, -0.2) is 4.98 Å². The first kappa shape index (κ1) is 13.3. The number of pyridine rings is 1. The first-order valence-corrected chi connectivity index (χ1v) is 8.17. The third-order valence-electron chi connectivity index (χ3n) is 4.64. The fourth-order valence-electron chi connectivity index (χ4n) is 3.54. The molecule has 4 aromatic carbocycles. The predicted molar refractivity (Wildman–Crippen MR) is 102 cm³/mol. The molecule has 0 aliphatic rings. The van der Waals surface area contributed by atoms with Gasteiger partial charge in [-0.25, -0.2) is 4.98 Å². The SMILES string of the molecule is c1ccc(-c2nc3ccccc3c3c2ccc2ccccc23)cc1. The minimum Gasteiger partial charge on any atom is -0.247 e. The summed E-state index contributed by atoms with van der Waals surface area (Å²) in [5, 5.41) is 6.26. The van der Waals surface area contributed by atoms with Crippen LogP contribution >= 0.6 is 0 Å². The van der Waals surface area contributed by atoms with Gasteiger partial charge in [0.05, 0.1) is 11.2 Å². The van der Waals surface area contributed by atoms with Crippen molar-refractivity contribution in [3.8, 4) is 11.3 Å². The van der Waals surface area contributed by atoms with Crippen LogP contribution in [0, 0.1) is 0 Å². The number of para-hydroxylation sites is 1. The summed E-state index contributed by atoms with van der Waals surface area (Å²) in [7, 11) is 0. The summed E-state index contributed by atoms with van der Waals surface area (Å²) in [5.41, 5.74) is 3.25. The third-order valence-corrected chi connectivity index (χ3v) is 4.64. The molecule has 5 aromatic rings. The molecule has 1 heteroatoms. The summed E-state index contributed by atoms with van der Waals surface area (Å²) in [5.74, 6) is 0. The molecule has 0 unspecified atom stereocenters. The number of fused-ring (bicyclic) bond motifs is 5. The van der Waals surface area contributed by atoms with E-state index in [1.54, 1.807) is 0 Å². The van der Waals surface area contributed by atoms with Gasteiger partial charge >= 0.3 is 0 Å². The molecule has 0 atom stereocenters. The Labute approximate surface area is 140 Å². The Morgan fingerprint density at radius 3 is 2.08 bits per heavy atom. The largest absolute Gasteiger partial charge is 0.247 e. The molecule has 0 amide bonds. The molecule has 24 heavy (non-hydrogen) atoms. The van der Waals surface area contributed by atoms with Crippen molar-refractivity contribution in [1.29, 1.82) is 0 Å². The summed E-state index contributed by atoms with van der Waals surface area (Å²) < 4.78 is 0. The van der Waals surface area contributed by atoms with Crippen molar-refractivity contribution in [2.45, 2.75) is 0 Å². The number of rotatable bonds is 1. The van der Waals surface area contributed by atoms with Gasteiger partial charge in [0.2, 0.25) is 0 Å². The molecule has 0 bridgehead atoms. The fraction of sp³-hybridized carbons (Fsp3) is 0. The zero-order chi connectivity index (χ0) is 15.9. The third kappa shape index (κ3) is 1.92. The predicted octanol–water partition coefficient (Wildman–Crippen LogP) is 6.21. The van der Waals surface area contributed by atoms with Crippen molar-refractivity contribution in [3.05, 3.63) is 91.0 Å². The highest BCUT2D eigenvalue weighted by molar-refractivity contribution is 6.22. The monoisotopic (exact) mass is 305 g/mol. The van der Waals surface area contributed by atoms with E-state index in [4.69, 9.17) is 4.98 Å². The molecule has 0 spiro atoms. The molecule has 0 N–H and O–H groups in total. The molecule has 1 nitrogen and oxygen atoms in total. The van der Waals surface area contributed by atoms with Gasteiger partial charge in [-0.2, -0.15) is 0 Å². The van der Waals surface area contributed by atoms with E-state index in [2.05, 4.69) is 84.9 Å². The maximum absolute atomic E-state index is 4.98. The summed E-state index contributed by atoms with van der Waals surface area (Å²) >= 11 is 0. The van der Waals surface area contributed by atoms with Crippen LogP contribution < -0.4 is 0 Å². The summed E-state index contributed by atoms with van der Waals surface area (Å²) in [6, 6.07) is 31.8. The Hall–Kier alpha value is -3.19. The Morgan fingerprint density at radius 1 is 0.500 bits per heavy atom. The summed E-state index contributed by atoms with van der Waals surface area (Å²) in [6.45, 7) is 0. The van der Waals surface area contributed by atoms with E-state index < -0.39 is 0 Å². The van der Waals surface area contributed by atoms with Crippen LogP contribution in [0.3, 0.4) is 0 Å². The van der Waals surface area contributed by atoms with Gasteiger partial charge in [-0.15, -0.1) is 0 Å². The first-order chi connectivity index (χ1) is 11.9. The van der Waals surface area contributed by atoms with Gasteiger partial charge in [0.1, 0.15) is 0 Å². The van der Waals surface area contributed by atoms with Gasteiger partial charge in [-0.3, -0.25) is 0 Å². The fourth-order valence-corrected chi connectivity index (χ4v) is 3.54. The highest BCUT2D eigenvalue weighted by Gasteiger charge is 2.12. The van der Waals surface area contributed by atoms with E-state index >= 15 is 0 Å². The van der Waals surface area contributed by atoms with Gasteiger partial charge in [0.25, 0.3) is 0 Å². The molecule has 0 saturated carbocycles. The molecule has 1 heterocycles. The summed E-state index contributed by atoms with van der Waals surface area (Å²) in [4.78, 5) is 4.98. The lowest BCUT2D eigenvalue weighted by atomic mass is 9.95. The highest BCUT2D eigenvalue weighted by Crippen LogP contribution is 2.36. The summed E-state index contributed by atoms with van der Waals surface area (Å²) in [6.07, 6.45) is 0. The van der Waals surface area contributed by atoms with Gasteiger partial charge in [0, 0.05) is 21.7 Å². The second kappa shape index (κ2) is 5.17.